The third kappa shape index (κ3) is 6.87. The first-order valence-electron chi connectivity index (χ1n) is 12.2. The highest BCUT2D eigenvalue weighted by molar-refractivity contribution is 5.97. The van der Waals surface area contributed by atoms with Gasteiger partial charge in [-0.1, -0.05) is 60.8 Å². The predicted molar refractivity (Wildman–Crippen MR) is 135 cm³/mol. The highest BCUT2D eigenvalue weighted by Gasteiger charge is 2.13. The summed E-state index contributed by atoms with van der Waals surface area (Å²) in [5.74, 6) is -0.315. The summed E-state index contributed by atoms with van der Waals surface area (Å²) in [6.45, 7) is 3.02. The lowest BCUT2D eigenvalue weighted by Gasteiger charge is -2.22. The number of rotatable bonds is 10. The Balaban J connectivity index is 1.17. The fourth-order valence-corrected chi connectivity index (χ4v) is 4.20. The van der Waals surface area contributed by atoms with Crippen LogP contribution in [0.3, 0.4) is 0 Å². The normalized spacial score (nSPS) is 15.4. The molecule has 3 aromatic rings. The van der Waals surface area contributed by atoms with Crippen LogP contribution in [0.4, 0.5) is 0 Å². The number of hydrogen-bond acceptors (Lipinski definition) is 6. The molecule has 1 fully saturated rings. The maximum Gasteiger partial charge on any atom is 0.338 e. The molecule has 1 aromatic heterocycles. The molecule has 0 saturated heterocycles. The van der Waals surface area contributed by atoms with Gasteiger partial charge in [0.1, 0.15) is 6.10 Å². The molecule has 4 rings (SSSR count). The van der Waals surface area contributed by atoms with Gasteiger partial charge in [-0.2, -0.15) is 0 Å². The maximum absolute atomic E-state index is 12.4. The third-order valence-corrected chi connectivity index (χ3v) is 6.24. The van der Waals surface area contributed by atoms with E-state index in [9.17, 15) is 4.79 Å². The van der Waals surface area contributed by atoms with Crippen molar-refractivity contribution >= 4 is 23.1 Å². The van der Waals surface area contributed by atoms with Gasteiger partial charge in [0.05, 0.1) is 23.9 Å². The quantitative estimate of drug-likeness (QED) is 0.241. The van der Waals surface area contributed by atoms with Crippen LogP contribution in [-0.4, -0.2) is 35.9 Å². The second-order valence-corrected chi connectivity index (χ2v) is 8.91. The molecule has 1 atom stereocenters. The van der Waals surface area contributed by atoms with E-state index in [2.05, 4.69) is 15.5 Å². The molecule has 0 bridgehead atoms. The third-order valence-electron chi connectivity index (χ3n) is 6.24. The summed E-state index contributed by atoms with van der Waals surface area (Å²) in [6.07, 6.45) is 10.3. The minimum absolute atomic E-state index is 0.180. The van der Waals surface area contributed by atoms with Gasteiger partial charge in [-0.15, -0.1) is 0 Å². The van der Waals surface area contributed by atoms with E-state index in [1.807, 2.05) is 61.5 Å². The smallest absolute Gasteiger partial charge is 0.338 e. The predicted octanol–water partition coefficient (Wildman–Crippen LogP) is 5.64. The number of nitrogens with zero attached hydrogens (tertiary/aromatic N) is 2. The summed E-state index contributed by atoms with van der Waals surface area (Å²) in [7, 11) is 0. The number of para-hydroxylation sites is 1. The number of hydrogen-bond donors (Lipinski definition) is 1. The van der Waals surface area contributed by atoms with E-state index >= 15 is 0 Å². The van der Waals surface area contributed by atoms with Crippen molar-refractivity contribution in [3.8, 4) is 0 Å². The van der Waals surface area contributed by atoms with Gasteiger partial charge in [-0.3, -0.25) is 4.98 Å². The van der Waals surface area contributed by atoms with Crippen molar-refractivity contribution in [1.29, 1.82) is 0 Å². The molecule has 0 spiro atoms. The number of carbonyl (C=O) groups excluding carboxylic acids is 1. The Labute approximate surface area is 201 Å². The van der Waals surface area contributed by atoms with Crippen molar-refractivity contribution in [2.75, 3.05) is 6.61 Å². The molecule has 6 nitrogen and oxygen atoms in total. The van der Waals surface area contributed by atoms with Crippen molar-refractivity contribution in [2.24, 2.45) is 5.16 Å². The summed E-state index contributed by atoms with van der Waals surface area (Å²) in [4.78, 5) is 22.3. The number of oxime groups is 1. The Bertz CT molecular complexity index is 1090. The molecule has 1 aliphatic rings. The van der Waals surface area contributed by atoms with Crippen LogP contribution in [0.15, 0.2) is 65.9 Å². The number of nitrogens with one attached hydrogen (secondary N) is 1. The van der Waals surface area contributed by atoms with Crippen LogP contribution in [0.25, 0.3) is 10.9 Å². The first-order chi connectivity index (χ1) is 16.7. The van der Waals surface area contributed by atoms with Crippen molar-refractivity contribution in [1.82, 2.24) is 10.3 Å². The number of benzene rings is 2. The fraction of sp³-hybridized carbons (Fsp3) is 0.393. The van der Waals surface area contributed by atoms with Crippen LogP contribution in [0.5, 0.6) is 0 Å². The van der Waals surface area contributed by atoms with Crippen molar-refractivity contribution in [3.05, 3.63) is 77.5 Å². The molecular formula is C28H33N3O3. The molecule has 0 aliphatic heterocycles. The lowest BCUT2D eigenvalue weighted by molar-refractivity contribution is 0.0292. The second kappa shape index (κ2) is 12.3. The van der Waals surface area contributed by atoms with Crippen molar-refractivity contribution in [3.63, 3.8) is 0 Å². The fourth-order valence-electron chi connectivity index (χ4n) is 4.20. The molecule has 1 unspecified atom stereocenters. The van der Waals surface area contributed by atoms with Gasteiger partial charge in [0.25, 0.3) is 0 Å². The van der Waals surface area contributed by atoms with E-state index < -0.39 is 0 Å². The molecule has 1 aliphatic carbocycles. The monoisotopic (exact) mass is 459 g/mol. The Hall–Kier alpha value is -3.25. The van der Waals surface area contributed by atoms with Gasteiger partial charge < -0.3 is 14.9 Å². The van der Waals surface area contributed by atoms with Crippen LogP contribution < -0.4 is 5.32 Å². The Morgan fingerprint density at radius 2 is 1.91 bits per heavy atom. The zero-order chi connectivity index (χ0) is 23.6. The van der Waals surface area contributed by atoms with Gasteiger partial charge in [0.15, 0.2) is 0 Å². The average Bonchev–Trinajstić information content (AvgIpc) is 2.88. The number of aromatic nitrogens is 1. The number of carbonyl (C=O) groups is 1. The molecule has 0 amide bonds. The van der Waals surface area contributed by atoms with E-state index in [4.69, 9.17) is 9.57 Å². The average molecular weight is 460 g/mol. The van der Waals surface area contributed by atoms with Gasteiger partial charge in [0, 0.05) is 36.2 Å². The van der Waals surface area contributed by atoms with Gasteiger partial charge in [-0.25, -0.2) is 4.79 Å². The molecule has 1 N–H and O–H groups in total. The first-order valence-corrected chi connectivity index (χ1v) is 12.2. The maximum atomic E-state index is 12.4. The van der Waals surface area contributed by atoms with Crippen LogP contribution in [0, 0.1) is 0 Å². The molecule has 6 heteroatoms. The largest absolute Gasteiger partial charge is 0.462 e. The van der Waals surface area contributed by atoms with E-state index in [1.165, 1.54) is 37.7 Å². The first kappa shape index (κ1) is 23.9. The van der Waals surface area contributed by atoms with E-state index in [1.54, 1.807) is 12.4 Å². The van der Waals surface area contributed by atoms with Gasteiger partial charge in [-0.05, 0) is 43.5 Å². The van der Waals surface area contributed by atoms with Gasteiger partial charge >= 0.3 is 5.97 Å². The number of ether oxygens (including phenoxy) is 1. The summed E-state index contributed by atoms with van der Waals surface area (Å²) < 4.78 is 5.42. The van der Waals surface area contributed by atoms with Crippen LogP contribution >= 0.6 is 0 Å². The highest BCUT2D eigenvalue weighted by Crippen LogP contribution is 2.18. The van der Waals surface area contributed by atoms with Crippen LogP contribution in [0.2, 0.25) is 0 Å². The molecule has 2 aromatic carbocycles. The Morgan fingerprint density at radius 3 is 2.74 bits per heavy atom. The van der Waals surface area contributed by atoms with Gasteiger partial charge in [0.2, 0.25) is 0 Å². The van der Waals surface area contributed by atoms with Crippen LogP contribution in [0.1, 0.15) is 66.9 Å². The zero-order valence-electron chi connectivity index (χ0n) is 19.8. The summed E-state index contributed by atoms with van der Waals surface area (Å²) in [5, 5.41) is 8.78. The second-order valence-electron chi connectivity index (χ2n) is 8.91. The molecule has 34 heavy (non-hydrogen) atoms. The molecular weight excluding hydrogens is 426 g/mol. The molecule has 178 valence electrons. The van der Waals surface area contributed by atoms with E-state index in [0.717, 1.165) is 23.0 Å². The SMILES string of the molecule is CC(CCOC(=O)c1ccc(CNC2CCCCC2)cc1)O/N=C/c1cccc2cccnc12. The minimum Gasteiger partial charge on any atom is -0.462 e. The number of pyridine rings is 1. The number of esters is 1. The summed E-state index contributed by atoms with van der Waals surface area (Å²) in [5.41, 5.74) is 3.53. The lowest BCUT2D eigenvalue weighted by atomic mass is 9.95. The van der Waals surface area contributed by atoms with E-state index in [0.29, 0.717) is 18.0 Å². The van der Waals surface area contributed by atoms with E-state index in [-0.39, 0.29) is 18.7 Å². The zero-order valence-corrected chi connectivity index (χ0v) is 19.8. The molecule has 0 radical (unpaired) electrons. The Morgan fingerprint density at radius 1 is 1.12 bits per heavy atom. The van der Waals surface area contributed by atoms with Crippen LogP contribution in [-0.2, 0) is 16.1 Å². The molecule has 1 saturated carbocycles. The topological polar surface area (TPSA) is 72.8 Å². The lowest BCUT2D eigenvalue weighted by Crippen LogP contribution is -2.30. The van der Waals surface area contributed by atoms with Crippen molar-refractivity contribution in [2.45, 2.75) is 64.1 Å². The molecule has 1 heterocycles. The Kier molecular flexibility index (Phi) is 8.63. The highest BCUT2D eigenvalue weighted by atomic mass is 16.6. The summed E-state index contributed by atoms with van der Waals surface area (Å²) in [6, 6.07) is 18.1. The standard InChI is InChI=1S/C28H33N3O3/c1-21(34-31-20-25-8-5-7-23-9-6-17-29-27(23)25)16-18-33-28(32)24-14-12-22(13-15-24)19-30-26-10-3-2-4-11-26/h5-9,12-15,17,20-21,26,30H,2-4,10-11,16,18-19H2,1H3/b31-20+. The number of fused-ring (bicyclic) bond motifs is 1. The minimum atomic E-state index is -0.315. The van der Waals surface area contributed by atoms with Crippen molar-refractivity contribution < 1.29 is 14.4 Å². The summed E-state index contributed by atoms with van der Waals surface area (Å²) >= 11 is 0.